The highest BCUT2D eigenvalue weighted by molar-refractivity contribution is 6.61. The molecular formula is C11H8BNO3. The molecule has 3 aromatic rings. The minimum absolute atomic E-state index is 0.369. The van der Waals surface area contributed by atoms with Gasteiger partial charge in [-0.15, -0.1) is 0 Å². The number of rotatable bonds is 1. The summed E-state index contributed by atoms with van der Waals surface area (Å²) in [4.78, 5) is 3.96. The molecule has 0 aliphatic heterocycles. The average molecular weight is 213 g/mol. The van der Waals surface area contributed by atoms with Crippen molar-refractivity contribution in [1.82, 2.24) is 4.98 Å². The lowest BCUT2D eigenvalue weighted by atomic mass is 9.79. The molecule has 0 saturated carbocycles. The summed E-state index contributed by atoms with van der Waals surface area (Å²) in [5.74, 6) is 0. The summed E-state index contributed by atoms with van der Waals surface area (Å²) in [5.41, 5.74) is 1.51. The molecule has 0 bridgehead atoms. The Balaban J connectivity index is 2.49. The molecule has 5 heteroatoms. The first kappa shape index (κ1) is 9.39. The molecular weight excluding hydrogens is 205 g/mol. The Bertz CT molecular complexity index is 662. The van der Waals surface area contributed by atoms with Gasteiger partial charge in [0, 0.05) is 22.4 Å². The number of hydrogen-bond acceptors (Lipinski definition) is 4. The van der Waals surface area contributed by atoms with Crippen molar-refractivity contribution in [3.05, 3.63) is 36.7 Å². The van der Waals surface area contributed by atoms with Crippen LogP contribution in [0.2, 0.25) is 0 Å². The molecule has 0 atom stereocenters. The number of hydrogen-bond donors (Lipinski definition) is 2. The van der Waals surface area contributed by atoms with Crippen LogP contribution in [0.15, 0.2) is 41.1 Å². The highest BCUT2D eigenvalue weighted by Crippen LogP contribution is 2.26. The topological polar surface area (TPSA) is 66.5 Å². The van der Waals surface area contributed by atoms with Crippen LogP contribution in [0.3, 0.4) is 0 Å². The Morgan fingerprint density at radius 3 is 2.81 bits per heavy atom. The molecule has 1 aromatic carbocycles. The third-order valence-electron chi connectivity index (χ3n) is 2.61. The normalized spacial score (nSPS) is 11.1. The van der Waals surface area contributed by atoms with Crippen LogP contribution in [-0.4, -0.2) is 22.2 Å². The van der Waals surface area contributed by atoms with E-state index in [4.69, 9.17) is 4.42 Å². The number of para-hydroxylation sites is 1. The van der Waals surface area contributed by atoms with E-state index >= 15 is 0 Å². The molecule has 2 N–H and O–H groups in total. The number of benzene rings is 1. The monoisotopic (exact) mass is 213 g/mol. The lowest BCUT2D eigenvalue weighted by Crippen LogP contribution is -2.29. The van der Waals surface area contributed by atoms with Crippen molar-refractivity contribution in [2.24, 2.45) is 0 Å². The summed E-state index contributed by atoms with van der Waals surface area (Å²) >= 11 is 0. The third-order valence-corrected chi connectivity index (χ3v) is 2.61. The van der Waals surface area contributed by atoms with Crippen LogP contribution in [0.1, 0.15) is 0 Å². The quantitative estimate of drug-likeness (QED) is 0.582. The first-order valence-corrected chi connectivity index (χ1v) is 4.88. The summed E-state index contributed by atoms with van der Waals surface area (Å²) in [6, 6.07) is 7.12. The van der Waals surface area contributed by atoms with Crippen LogP contribution < -0.4 is 5.46 Å². The lowest BCUT2D eigenvalue weighted by Gasteiger charge is -1.98. The van der Waals surface area contributed by atoms with Crippen molar-refractivity contribution >= 4 is 34.5 Å². The molecule has 0 saturated heterocycles. The van der Waals surface area contributed by atoms with E-state index in [1.807, 2.05) is 12.1 Å². The van der Waals surface area contributed by atoms with Crippen molar-refractivity contribution in [1.29, 1.82) is 0 Å². The summed E-state index contributed by atoms with van der Waals surface area (Å²) in [6.07, 6.45) is 3.29. The fraction of sp³-hybridized carbons (Fsp3) is 0. The van der Waals surface area contributed by atoms with Gasteiger partial charge in [0.25, 0.3) is 0 Å². The molecule has 0 spiro atoms. The number of nitrogens with zero attached hydrogens (tertiary/aromatic N) is 1. The Kier molecular flexibility index (Phi) is 1.95. The number of fused-ring (bicyclic) bond motifs is 3. The van der Waals surface area contributed by atoms with E-state index in [9.17, 15) is 10.0 Å². The highest BCUT2D eigenvalue weighted by Gasteiger charge is 2.18. The zero-order valence-corrected chi connectivity index (χ0v) is 8.29. The van der Waals surface area contributed by atoms with Crippen LogP contribution in [0, 0.1) is 0 Å². The van der Waals surface area contributed by atoms with Gasteiger partial charge >= 0.3 is 7.12 Å². The first-order chi connectivity index (χ1) is 7.77. The third kappa shape index (κ3) is 1.22. The van der Waals surface area contributed by atoms with E-state index < -0.39 is 7.12 Å². The Morgan fingerprint density at radius 2 is 2.00 bits per heavy atom. The number of aromatic nitrogens is 1. The molecule has 16 heavy (non-hydrogen) atoms. The Morgan fingerprint density at radius 1 is 1.12 bits per heavy atom. The maximum atomic E-state index is 9.23. The molecule has 2 aromatic heterocycles. The highest BCUT2D eigenvalue weighted by atomic mass is 16.4. The van der Waals surface area contributed by atoms with Gasteiger partial charge in [-0.05, 0) is 6.07 Å². The van der Waals surface area contributed by atoms with Gasteiger partial charge in [0.05, 0.1) is 6.20 Å². The fourth-order valence-corrected chi connectivity index (χ4v) is 1.88. The van der Waals surface area contributed by atoms with Crippen LogP contribution in [0.4, 0.5) is 0 Å². The van der Waals surface area contributed by atoms with Gasteiger partial charge in [0.2, 0.25) is 0 Å². The zero-order valence-electron chi connectivity index (χ0n) is 8.29. The van der Waals surface area contributed by atoms with Crippen LogP contribution >= 0.6 is 0 Å². The summed E-state index contributed by atoms with van der Waals surface area (Å²) in [5, 5.41) is 20.2. The minimum Gasteiger partial charge on any atom is -0.455 e. The molecule has 0 radical (unpaired) electrons. The van der Waals surface area contributed by atoms with Crippen LogP contribution in [0.25, 0.3) is 21.9 Å². The van der Waals surface area contributed by atoms with Crippen molar-refractivity contribution in [2.45, 2.75) is 0 Å². The predicted molar refractivity (Wildman–Crippen MR) is 61.3 cm³/mol. The van der Waals surface area contributed by atoms with Gasteiger partial charge in [0.15, 0.2) is 5.58 Å². The molecule has 0 fully saturated rings. The Labute approximate surface area is 91.3 Å². The molecule has 0 amide bonds. The number of pyridine rings is 1. The van der Waals surface area contributed by atoms with Gasteiger partial charge in [0.1, 0.15) is 5.58 Å². The summed E-state index contributed by atoms with van der Waals surface area (Å²) in [7, 11) is -1.53. The molecule has 3 rings (SSSR count). The Hall–Kier alpha value is -1.85. The molecule has 0 aliphatic carbocycles. The predicted octanol–water partition coefficient (Wildman–Crippen LogP) is 0.661. The minimum atomic E-state index is -1.53. The van der Waals surface area contributed by atoms with Crippen molar-refractivity contribution in [3.63, 3.8) is 0 Å². The van der Waals surface area contributed by atoms with Gasteiger partial charge in [-0.1, -0.05) is 18.2 Å². The first-order valence-electron chi connectivity index (χ1n) is 4.88. The molecule has 2 heterocycles. The molecule has 0 aliphatic rings. The van der Waals surface area contributed by atoms with E-state index in [0.29, 0.717) is 16.6 Å². The van der Waals surface area contributed by atoms with Gasteiger partial charge < -0.3 is 14.5 Å². The lowest BCUT2D eigenvalue weighted by molar-refractivity contribution is 0.425. The SMILES string of the molecule is OB(O)c1cccc2c1oc1cnccc12. The van der Waals surface area contributed by atoms with E-state index in [0.717, 1.165) is 10.8 Å². The van der Waals surface area contributed by atoms with Gasteiger partial charge in [-0.2, -0.15) is 0 Å². The molecule has 4 nitrogen and oxygen atoms in total. The van der Waals surface area contributed by atoms with Gasteiger partial charge in [-0.25, -0.2) is 0 Å². The van der Waals surface area contributed by atoms with Gasteiger partial charge in [-0.3, -0.25) is 4.98 Å². The maximum Gasteiger partial charge on any atom is 0.492 e. The van der Waals surface area contributed by atoms with E-state index in [2.05, 4.69) is 4.98 Å². The van der Waals surface area contributed by atoms with Crippen LogP contribution in [0.5, 0.6) is 0 Å². The fourth-order valence-electron chi connectivity index (χ4n) is 1.88. The van der Waals surface area contributed by atoms with Crippen molar-refractivity contribution < 1.29 is 14.5 Å². The second kappa shape index (κ2) is 3.33. The second-order valence-electron chi connectivity index (χ2n) is 3.57. The van der Waals surface area contributed by atoms with E-state index in [1.54, 1.807) is 24.5 Å². The molecule has 78 valence electrons. The maximum absolute atomic E-state index is 9.23. The van der Waals surface area contributed by atoms with E-state index in [-0.39, 0.29) is 0 Å². The largest absolute Gasteiger partial charge is 0.492 e. The second-order valence-corrected chi connectivity index (χ2v) is 3.57. The van der Waals surface area contributed by atoms with Crippen molar-refractivity contribution in [2.75, 3.05) is 0 Å². The van der Waals surface area contributed by atoms with Crippen LogP contribution in [-0.2, 0) is 0 Å². The average Bonchev–Trinajstić information content (AvgIpc) is 2.67. The summed E-state index contributed by atoms with van der Waals surface area (Å²) in [6.45, 7) is 0. The summed E-state index contributed by atoms with van der Waals surface area (Å²) < 4.78 is 5.56. The smallest absolute Gasteiger partial charge is 0.455 e. The van der Waals surface area contributed by atoms with Crippen molar-refractivity contribution in [3.8, 4) is 0 Å². The molecule has 0 unspecified atom stereocenters. The zero-order chi connectivity index (χ0) is 11.1. The standard InChI is InChI=1S/C11H8BNO3/c14-12(15)9-3-1-2-8-7-4-5-13-6-10(7)16-11(8)9/h1-6,14-15H. The van der Waals surface area contributed by atoms with E-state index in [1.165, 1.54) is 0 Å². The number of furan rings is 1.